The summed E-state index contributed by atoms with van der Waals surface area (Å²) in [5.41, 5.74) is 2.12. The molecule has 0 spiro atoms. The minimum absolute atomic E-state index is 0.0286. The van der Waals surface area contributed by atoms with Gasteiger partial charge in [-0.15, -0.1) is 0 Å². The van der Waals surface area contributed by atoms with Gasteiger partial charge in [-0.05, 0) is 75.1 Å². The number of benzene rings is 3. The molecule has 5 rings (SSSR count). The quantitative estimate of drug-likeness (QED) is 0.487. The number of likely N-dealkylation sites (N-methyl/N-ethyl adjacent to an activating group) is 1. The molecule has 1 N–H and O–H groups in total. The Labute approximate surface area is 198 Å². The molecule has 8 heteroatoms. The van der Waals surface area contributed by atoms with Crippen LogP contribution >= 0.6 is 0 Å². The molecule has 3 aromatic rings. The summed E-state index contributed by atoms with van der Waals surface area (Å²) < 4.78 is 26.2. The summed E-state index contributed by atoms with van der Waals surface area (Å²) in [6, 6.07) is 18.5. The number of anilines is 2. The maximum atomic E-state index is 13.1. The van der Waals surface area contributed by atoms with Crippen molar-refractivity contribution < 1.29 is 18.0 Å². The van der Waals surface area contributed by atoms with Gasteiger partial charge in [0.1, 0.15) is 0 Å². The maximum Gasteiger partial charge on any atom is 0.255 e. The van der Waals surface area contributed by atoms with Crippen molar-refractivity contribution in [1.29, 1.82) is 0 Å². The van der Waals surface area contributed by atoms with E-state index < -0.39 is 15.7 Å². The summed E-state index contributed by atoms with van der Waals surface area (Å²) >= 11 is 0. The molecule has 0 aliphatic carbocycles. The van der Waals surface area contributed by atoms with Crippen molar-refractivity contribution in [1.82, 2.24) is 4.90 Å². The smallest absolute Gasteiger partial charge is 0.255 e. The Kier molecular flexibility index (Phi) is 5.50. The van der Waals surface area contributed by atoms with Crippen molar-refractivity contribution in [3.63, 3.8) is 0 Å². The van der Waals surface area contributed by atoms with Gasteiger partial charge >= 0.3 is 0 Å². The molecule has 1 unspecified atom stereocenters. The molecule has 2 heterocycles. The van der Waals surface area contributed by atoms with Crippen molar-refractivity contribution in [2.24, 2.45) is 0 Å². The molecule has 1 saturated heterocycles. The highest BCUT2D eigenvalue weighted by Crippen LogP contribution is 2.35. The zero-order chi connectivity index (χ0) is 24.0. The van der Waals surface area contributed by atoms with Gasteiger partial charge in [-0.25, -0.2) is 8.42 Å². The Hall–Kier alpha value is -3.49. The SMILES string of the molecule is CN(C)C1CCN(c2ccc(NC(=O)c3ccc4c(c3)S(=O)(=O)c3ccccc3C4=O)cc2)C1. The molecular formula is C26H25N3O4S. The molecule has 0 radical (unpaired) electrons. The molecule has 1 amide bonds. The summed E-state index contributed by atoms with van der Waals surface area (Å²) in [7, 11) is 0.283. The van der Waals surface area contributed by atoms with Gasteiger partial charge in [-0.1, -0.05) is 12.1 Å². The Morgan fingerprint density at radius 3 is 2.38 bits per heavy atom. The third kappa shape index (κ3) is 3.78. The Balaban J connectivity index is 1.36. The van der Waals surface area contributed by atoms with Crippen molar-refractivity contribution in [3.8, 4) is 0 Å². The lowest BCUT2D eigenvalue weighted by atomic mass is 10.0. The third-order valence-corrected chi connectivity index (χ3v) is 8.43. The minimum Gasteiger partial charge on any atom is -0.370 e. The van der Waals surface area contributed by atoms with Crippen molar-refractivity contribution in [2.75, 3.05) is 37.4 Å². The van der Waals surface area contributed by atoms with Crippen LogP contribution in [-0.2, 0) is 9.84 Å². The fourth-order valence-electron chi connectivity index (χ4n) is 4.58. The second kappa shape index (κ2) is 8.38. The first kappa shape index (κ1) is 22.3. The van der Waals surface area contributed by atoms with Crippen molar-refractivity contribution in [2.45, 2.75) is 22.3 Å². The molecule has 3 aromatic carbocycles. The lowest BCUT2D eigenvalue weighted by molar-refractivity contribution is 0.101. The molecule has 7 nitrogen and oxygen atoms in total. The van der Waals surface area contributed by atoms with E-state index in [0.717, 1.165) is 25.2 Å². The van der Waals surface area contributed by atoms with E-state index in [1.807, 2.05) is 24.3 Å². The molecule has 2 aliphatic heterocycles. The van der Waals surface area contributed by atoms with Crippen LogP contribution < -0.4 is 10.2 Å². The van der Waals surface area contributed by atoms with Crippen molar-refractivity contribution >= 4 is 32.9 Å². The number of sulfone groups is 1. The summed E-state index contributed by atoms with van der Waals surface area (Å²) in [6.45, 7) is 1.95. The lowest BCUT2D eigenvalue weighted by Crippen LogP contribution is -2.31. The van der Waals surface area contributed by atoms with E-state index >= 15 is 0 Å². The number of nitrogens with zero attached hydrogens (tertiary/aromatic N) is 2. The molecule has 1 atom stereocenters. The summed E-state index contributed by atoms with van der Waals surface area (Å²) in [5.74, 6) is -0.799. The summed E-state index contributed by atoms with van der Waals surface area (Å²) in [4.78, 5) is 30.1. The molecule has 0 aromatic heterocycles. The van der Waals surface area contributed by atoms with E-state index in [0.29, 0.717) is 11.7 Å². The number of hydrogen-bond acceptors (Lipinski definition) is 6. The Morgan fingerprint density at radius 2 is 1.68 bits per heavy atom. The van der Waals surface area contributed by atoms with Crippen LogP contribution in [0.1, 0.15) is 32.7 Å². The minimum atomic E-state index is -3.90. The average Bonchev–Trinajstić information content (AvgIpc) is 3.34. The van der Waals surface area contributed by atoms with Crippen LogP contribution in [0.3, 0.4) is 0 Å². The number of hydrogen-bond donors (Lipinski definition) is 1. The van der Waals surface area contributed by atoms with E-state index in [1.165, 1.54) is 30.3 Å². The highest BCUT2D eigenvalue weighted by atomic mass is 32.2. The zero-order valence-electron chi connectivity index (χ0n) is 19.0. The van der Waals surface area contributed by atoms with Crippen molar-refractivity contribution in [3.05, 3.63) is 83.4 Å². The average molecular weight is 476 g/mol. The van der Waals surface area contributed by atoms with Crippen LogP contribution in [-0.4, -0.2) is 58.2 Å². The predicted molar refractivity (Wildman–Crippen MR) is 130 cm³/mol. The third-order valence-electron chi connectivity index (χ3n) is 6.58. The largest absolute Gasteiger partial charge is 0.370 e. The Morgan fingerprint density at radius 1 is 0.971 bits per heavy atom. The monoisotopic (exact) mass is 475 g/mol. The molecule has 0 bridgehead atoms. The van der Waals surface area contributed by atoms with Gasteiger partial charge in [-0.2, -0.15) is 0 Å². The van der Waals surface area contributed by atoms with E-state index in [2.05, 4.69) is 29.2 Å². The first-order valence-corrected chi connectivity index (χ1v) is 12.6. The highest BCUT2D eigenvalue weighted by molar-refractivity contribution is 7.91. The number of nitrogens with one attached hydrogen (secondary N) is 1. The van der Waals surface area contributed by atoms with Crippen LogP contribution in [0.15, 0.2) is 76.5 Å². The molecule has 0 saturated carbocycles. The normalized spacial score (nSPS) is 18.5. The molecule has 34 heavy (non-hydrogen) atoms. The van der Waals surface area contributed by atoms with Gasteiger partial charge in [0.2, 0.25) is 9.84 Å². The molecule has 2 aliphatic rings. The number of carbonyl (C=O) groups excluding carboxylic acids is 2. The highest BCUT2D eigenvalue weighted by Gasteiger charge is 2.35. The Bertz CT molecular complexity index is 1400. The molecule has 1 fully saturated rings. The zero-order valence-corrected chi connectivity index (χ0v) is 19.8. The number of ketones is 1. The first-order valence-electron chi connectivity index (χ1n) is 11.1. The summed E-state index contributed by atoms with van der Waals surface area (Å²) in [5, 5.41) is 2.82. The fourth-order valence-corrected chi connectivity index (χ4v) is 6.26. The molecule has 174 valence electrons. The van der Waals surface area contributed by atoms with Gasteiger partial charge < -0.3 is 15.1 Å². The number of fused-ring (bicyclic) bond motifs is 2. The van der Waals surface area contributed by atoms with Gasteiger partial charge in [0, 0.05) is 47.2 Å². The van der Waals surface area contributed by atoms with Crippen LogP contribution in [0.2, 0.25) is 0 Å². The van der Waals surface area contributed by atoms with E-state index in [9.17, 15) is 18.0 Å². The van der Waals surface area contributed by atoms with Gasteiger partial charge in [0.15, 0.2) is 5.78 Å². The van der Waals surface area contributed by atoms with E-state index in [-0.39, 0.29) is 32.3 Å². The van der Waals surface area contributed by atoms with Gasteiger partial charge in [0.05, 0.1) is 9.79 Å². The lowest BCUT2D eigenvalue weighted by Gasteiger charge is -2.22. The topological polar surface area (TPSA) is 86.8 Å². The molecular weight excluding hydrogens is 450 g/mol. The number of carbonyl (C=O) groups is 2. The van der Waals surface area contributed by atoms with E-state index in [1.54, 1.807) is 12.1 Å². The fraction of sp³-hybridized carbons (Fsp3) is 0.231. The number of rotatable bonds is 4. The standard InChI is InChI=1S/C26H25N3O4S/c1-28(2)20-13-14-29(16-20)19-10-8-18(9-11-19)27-26(31)17-7-12-22-24(15-17)34(32,33)23-6-4-3-5-21(23)25(22)30/h3-12,15,20H,13-14,16H2,1-2H3,(H,27,31). The summed E-state index contributed by atoms with van der Waals surface area (Å²) in [6.07, 6.45) is 1.11. The first-order chi connectivity index (χ1) is 16.3. The van der Waals surface area contributed by atoms with Crippen LogP contribution in [0, 0.1) is 0 Å². The maximum absolute atomic E-state index is 13.1. The number of amides is 1. The second-order valence-electron chi connectivity index (χ2n) is 8.89. The van der Waals surface area contributed by atoms with Gasteiger partial charge in [-0.3, -0.25) is 9.59 Å². The van der Waals surface area contributed by atoms with Gasteiger partial charge in [0.25, 0.3) is 5.91 Å². The predicted octanol–water partition coefficient (Wildman–Crippen LogP) is 3.46. The van der Waals surface area contributed by atoms with E-state index in [4.69, 9.17) is 0 Å². The van der Waals surface area contributed by atoms with Crippen LogP contribution in [0.25, 0.3) is 0 Å². The second-order valence-corrected chi connectivity index (χ2v) is 10.8. The van der Waals surface area contributed by atoms with Crippen LogP contribution in [0.4, 0.5) is 11.4 Å². The van der Waals surface area contributed by atoms with Crippen LogP contribution in [0.5, 0.6) is 0 Å².